The first-order chi connectivity index (χ1) is 32.6. The molecule has 2 aliphatic carbocycles. The van der Waals surface area contributed by atoms with E-state index in [9.17, 15) is 0 Å². The van der Waals surface area contributed by atoms with E-state index in [1.807, 2.05) is 0 Å². The second-order valence-electron chi connectivity index (χ2n) is 18.2. The minimum Gasteiger partial charge on any atom is -0.310 e. The Labute approximate surface area is 393 Å². The van der Waals surface area contributed by atoms with Crippen LogP contribution in [0.4, 0.5) is 17.1 Å². The number of anilines is 3. The van der Waals surface area contributed by atoms with Crippen molar-refractivity contribution in [3.63, 3.8) is 0 Å². The predicted octanol–water partition coefficient (Wildman–Crippen LogP) is 17.0. The van der Waals surface area contributed by atoms with Crippen LogP contribution >= 0.6 is 11.3 Å². The number of nitrogens with zero attached hydrogens (tertiary/aromatic N) is 1. The van der Waals surface area contributed by atoms with Crippen LogP contribution in [0.5, 0.6) is 0 Å². The lowest BCUT2D eigenvalue weighted by molar-refractivity contribution is 0.765. The molecule has 2 heteroatoms. The molecule has 0 bridgehead atoms. The smallest absolute Gasteiger partial charge is 0.0714 e. The third kappa shape index (κ3) is 6.12. The van der Waals surface area contributed by atoms with Gasteiger partial charge in [-0.05, 0) is 150 Å². The Bertz CT molecular complexity index is 3290. The molecule has 0 unspecified atom stereocenters. The Morgan fingerprint density at radius 1 is 0.364 bits per heavy atom. The molecule has 0 fully saturated rings. The Morgan fingerprint density at radius 3 is 1.26 bits per heavy atom. The maximum Gasteiger partial charge on any atom is 0.0714 e. The highest BCUT2D eigenvalue weighted by molar-refractivity contribution is 7.17. The summed E-state index contributed by atoms with van der Waals surface area (Å²) in [5, 5.41) is 3.46. The fourth-order valence-electron chi connectivity index (χ4n) is 11.7. The summed E-state index contributed by atoms with van der Waals surface area (Å²) < 4.78 is 1.29. The van der Waals surface area contributed by atoms with E-state index >= 15 is 0 Å². The molecule has 0 N–H and O–H groups in total. The largest absolute Gasteiger partial charge is 0.310 e. The molecule has 0 amide bonds. The summed E-state index contributed by atoms with van der Waals surface area (Å²) in [6.45, 7) is 4.53. The molecule has 1 heterocycles. The summed E-state index contributed by atoms with van der Waals surface area (Å²) in [7, 11) is 0. The first-order valence-corrected chi connectivity index (χ1v) is 24.6. The summed E-state index contributed by atoms with van der Waals surface area (Å²) in [4.78, 5) is 2.52. The van der Waals surface area contributed by atoms with E-state index in [1.54, 1.807) is 11.3 Å². The number of thiophene rings is 1. The van der Waals surface area contributed by atoms with Gasteiger partial charge in [-0.15, -0.1) is 11.3 Å². The van der Waals surface area contributed by atoms with Crippen LogP contribution in [0.1, 0.15) is 82.3 Å². The van der Waals surface area contributed by atoms with E-state index in [0.717, 1.165) is 42.7 Å². The van der Waals surface area contributed by atoms with Crippen LogP contribution in [0, 0.1) is 0 Å². The Morgan fingerprint density at radius 2 is 0.773 bits per heavy atom. The van der Waals surface area contributed by atoms with Crippen molar-refractivity contribution >= 4 is 38.5 Å². The van der Waals surface area contributed by atoms with Crippen molar-refractivity contribution < 1.29 is 0 Å². The zero-order valence-electron chi connectivity index (χ0n) is 37.5. The van der Waals surface area contributed by atoms with Gasteiger partial charge in [-0.1, -0.05) is 197 Å². The van der Waals surface area contributed by atoms with Gasteiger partial charge in [-0.3, -0.25) is 0 Å². The molecule has 12 rings (SSSR count). The van der Waals surface area contributed by atoms with Gasteiger partial charge >= 0.3 is 0 Å². The van der Waals surface area contributed by atoms with Crippen molar-refractivity contribution in [2.24, 2.45) is 0 Å². The van der Waals surface area contributed by atoms with Crippen molar-refractivity contribution in [3.8, 4) is 22.3 Å². The molecule has 0 saturated heterocycles. The van der Waals surface area contributed by atoms with Gasteiger partial charge < -0.3 is 4.90 Å². The maximum absolute atomic E-state index is 2.52. The highest BCUT2D eigenvalue weighted by Gasteiger charge is 2.48. The van der Waals surface area contributed by atoms with Crippen LogP contribution in [-0.2, 0) is 23.7 Å². The molecule has 1 aromatic heterocycles. The van der Waals surface area contributed by atoms with Crippen molar-refractivity contribution in [1.82, 2.24) is 0 Å². The van der Waals surface area contributed by atoms with Gasteiger partial charge in [-0.25, -0.2) is 0 Å². The van der Waals surface area contributed by atoms with E-state index in [2.05, 4.69) is 243 Å². The third-order valence-electron chi connectivity index (χ3n) is 14.5. The predicted molar refractivity (Wildman–Crippen MR) is 279 cm³/mol. The Hall–Kier alpha value is -7.26. The lowest BCUT2D eigenvalue weighted by Crippen LogP contribution is -2.29. The quantitative estimate of drug-likeness (QED) is 0.125. The standard InChI is InChI=1S/C64H51NS/c1-3-15-44-25-29-49(30-26-44)64(50-31-27-45(16-4-2)28-32-50)59-24-14-12-22-55(59)57-37-34-53(43-61(57)64)65(51-35-38-62-46(41-51)39-40-66-62)52-33-36-56-54-21-11-13-23-58(54)63(60(56)42-52,47-17-7-5-8-18-47)48-19-9-6-10-20-48/h5-14,17-43H,3-4,15-16H2,1-2H3. The van der Waals surface area contributed by atoms with Gasteiger partial charge in [0.15, 0.2) is 0 Å². The molecular formula is C64H51NS. The van der Waals surface area contributed by atoms with E-state index < -0.39 is 10.8 Å². The number of hydrogen-bond donors (Lipinski definition) is 0. The van der Waals surface area contributed by atoms with Gasteiger partial charge in [0.1, 0.15) is 0 Å². The number of benzene rings is 9. The van der Waals surface area contributed by atoms with Crippen LogP contribution in [0.15, 0.2) is 224 Å². The zero-order chi connectivity index (χ0) is 44.2. The van der Waals surface area contributed by atoms with Crippen molar-refractivity contribution in [2.75, 3.05) is 4.90 Å². The molecule has 9 aromatic carbocycles. The summed E-state index contributed by atoms with van der Waals surface area (Å²) in [6.07, 6.45) is 4.39. The van der Waals surface area contributed by atoms with Crippen LogP contribution in [0.3, 0.4) is 0 Å². The molecular weight excluding hydrogens is 815 g/mol. The molecule has 10 aromatic rings. The lowest BCUT2D eigenvalue weighted by Gasteiger charge is -2.36. The minimum atomic E-state index is -0.532. The van der Waals surface area contributed by atoms with Crippen LogP contribution < -0.4 is 4.90 Å². The van der Waals surface area contributed by atoms with Crippen LogP contribution in [-0.4, -0.2) is 0 Å². The van der Waals surface area contributed by atoms with Gasteiger partial charge in [-0.2, -0.15) is 0 Å². The van der Waals surface area contributed by atoms with Gasteiger partial charge in [0.25, 0.3) is 0 Å². The number of aryl methyl sites for hydroxylation is 2. The molecule has 0 saturated carbocycles. The molecule has 318 valence electrons. The third-order valence-corrected chi connectivity index (χ3v) is 15.4. The van der Waals surface area contributed by atoms with Crippen LogP contribution in [0.25, 0.3) is 32.3 Å². The van der Waals surface area contributed by atoms with Crippen molar-refractivity contribution in [3.05, 3.63) is 279 Å². The summed E-state index contributed by atoms with van der Waals surface area (Å²) in [5.41, 5.74) is 20.6. The second kappa shape index (κ2) is 16.3. The van der Waals surface area contributed by atoms with E-state index in [1.165, 1.54) is 88.0 Å². The van der Waals surface area contributed by atoms with Crippen LogP contribution in [0.2, 0.25) is 0 Å². The number of fused-ring (bicyclic) bond motifs is 7. The molecule has 0 spiro atoms. The fourth-order valence-corrected chi connectivity index (χ4v) is 12.5. The lowest BCUT2D eigenvalue weighted by atomic mass is 9.67. The first-order valence-electron chi connectivity index (χ1n) is 23.7. The average molecular weight is 866 g/mol. The highest BCUT2D eigenvalue weighted by atomic mass is 32.1. The number of hydrogen-bond acceptors (Lipinski definition) is 2. The molecule has 1 nitrogen and oxygen atoms in total. The minimum absolute atomic E-state index is 0.518. The monoisotopic (exact) mass is 865 g/mol. The molecule has 0 aliphatic heterocycles. The molecule has 2 aliphatic rings. The SMILES string of the molecule is CCCc1ccc(C2(c3ccc(CCC)cc3)c3ccccc3-c3ccc(N(c4ccc5c(c4)C(c4ccccc4)(c4ccccc4)c4ccccc4-5)c4ccc5sccc5c4)cc32)cc1. The summed E-state index contributed by atoms with van der Waals surface area (Å²) >= 11 is 1.80. The summed E-state index contributed by atoms with van der Waals surface area (Å²) in [6, 6.07) is 83.4. The Kier molecular flexibility index (Phi) is 9.95. The van der Waals surface area contributed by atoms with Gasteiger partial charge in [0.2, 0.25) is 0 Å². The molecule has 0 radical (unpaired) electrons. The zero-order valence-corrected chi connectivity index (χ0v) is 38.4. The van der Waals surface area contributed by atoms with Crippen molar-refractivity contribution in [1.29, 1.82) is 0 Å². The van der Waals surface area contributed by atoms with Crippen molar-refractivity contribution in [2.45, 2.75) is 50.4 Å². The summed E-state index contributed by atoms with van der Waals surface area (Å²) in [5.74, 6) is 0. The normalized spacial score (nSPS) is 13.8. The van der Waals surface area contributed by atoms with E-state index in [4.69, 9.17) is 0 Å². The van der Waals surface area contributed by atoms with E-state index in [0.29, 0.717) is 0 Å². The first kappa shape index (κ1) is 40.3. The second-order valence-corrected chi connectivity index (χ2v) is 19.1. The maximum atomic E-state index is 2.52. The highest BCUT2D eigenvalue weighted by Crippen LogP contribution is 2.59. The Balaban J connectivity index is 1.13. The number of rotatable bonds is 11. The molecule has 0 atom stereocenters. The molecule has 66 heavy (non-hydrogen) atoms. The van der Waals surface area contributed by atoms with Gasteiger partial charge in [0, 0.05) is 21.8 Å². The van der Waals surface area contributed by atoms with Gasteiger partial charge in [0.05, 0.1) is 10.8 Å². The fraction of sp³-hybridized carbons (Fsp3) is 0.125. The van der Waals surface area contributed by atoms with E-state index in [-0.39, 0.29) is 0 Å². The average Bonchev–Trinajstić information content (AvgIpc) is 4.05. The topological polar surface area (TPSA) is 3.24 Å².